The Kier molecular flexibility index (Phi) is 2.54. The highest BCUT2D eigenvalue weighted by molar-refractivity contribution is 9.10. The molecule has 4 heteroatoms. The SMILES string of the molecule is Cc1[nH]c2ccc(Br)cc2c1C1(C)NCCN1. The number of aryl methyl sites for hydroxylation is 1. The quantitative estimate of drug-likeness (QED) is 0.756. The van der Waals surface area contributed by atoms with Gasteiger partial charge in [0.15, 0.2) is 0 Å². The Morgan fingerprint density at radius 2 is 1.94 bits per heavy atom. The molecule has 3 N–H and O–H groups in total. The van der Waals surface area contributed by atoms with Crippen LogP contribution < -0.4 is 10.6 Å². The summed E-state index contributed by atoms with van der Waals surface area (Å²) in [6.07, 6.45) is 0. The molecule has 1 aliphatic rings. The molecule has 17 heavy (non-hydrogen) atoms. The van der Waals surface area contributed by atoms with Crippen LogP contribution in [-0.4, -0.2) is 18.1 Å². The van der Waals surface area contributed by atoms with E-state index in [1.54, 1.807) is 0 Å². The topological polar surface area (TPSA) is 39.9 Å². The van der Waals surface area contributed by atoms with Crippen LogP contribution in [0.1, 0.15) is 18.2 Å². The van der Waals surface area contributed by atoms with Crippen LogP contribution in [0.3, 0.4) is 0 Å². The monoisotopic (exact) mass is 293 g/mol. The predicted octanol–water partition coefficient (Wildman–Crippen LogP) is 2.60. The molecular weight excluding hydrogens is 278 g/mol. The number of hydrogen-bond donors (Lipinski definition) is 3. The maximum absolute atomic E-state index is 3.55. The minimum absolute atomic E-state index is 0.122. The van der Waals surface area contributed by atoms with Crippen molar-refractivity contribution < 1.29 is 0 Å². The van der Waals surface area contributed by atoms with Gasteiger partial charge in [-0.1, -0.05) is 15.9 Å². The minimum Gasteiger partial charge on any atom is -0.358 e. The van der Waals surface area contributed by atoms with Crippen LogP contribution in [0.5, 0.6) is 0 Å². The Morgan fingerprint density at radius 1 is 1.24 bits per heavy atom. The molecule has 0 radical (unpaired) electrons. The molecule has 0 atom stereocenters. The first-order valence-corrected chi connectivity index (χ1v) is 6.68. The maximum Gasteiger partial charge on any atom is 0.0945 e. The van der Waals surface area contributed by atoms with Crippen LogP contribution in [0.25, 0.3) is 10.9 Å². The lowest BCUT2D eigenvalue weighted by Crippen LogP contribution is -2.43. The van der Waals surface area contributed by atoms with Crippen molar-refractivity contribution in [2.24, 2.45) is 0 Å². The lowest BCUT2D eigenvalue weighted by molar-refractivity contribution is 0.386. The van der Waals surface area contributed by atoms with E-state index in [0.717, 1.165) is 17.6 Å². The number of halogens is 1. The molecule has 0 aliphatic carbocycles. The zero-order chi connectivity index (χ0) is 12.0. The number of rotatable bonds is 1. The van der Waals surface area contributed by atoms with Crippen molar-refractivity contribution in [3.05, 3.63) is 33.9 Å². The van der Waals surface area contributed by atoms with Gasteiger partial charge >= 0.3 is 0 Å². The van der Waals surface area contributed by atoms with Crippen molar-refractivity contribution in [3.8, 4) is 0 Å². The average molecular weight is 294 g/mol. The van der Waals surface area contributed by atoms with Crippen LogP contribution in [0.15, 0.2) is 22.7 Å². The van der Waals surface area contributed by atoms with E-state index in [9.17, 15) is 0 Å². The molecular formula is C13H16BrN3. The van der Waals surface area contributed by atoms with E-state index in [1.807, 2.05) is 0 Å². The van der Waals surface area contributed by atoms with Crippen LogP contribution >= 0.6 is 15.9 Å². The molecule has 0 spiro atoms. The van der Waals surface area contributed by atoms with E-state index in [0.29, 0.717) is 0 Å². The van der Waals surface area contributed by atoms with E-state index in [4.69, 9.17) is 0 Å². The Bertz CT molecular complexity index is 567. The summed E-state index contributed by atoms with van der Waals surface area (Å²) in [7, 11) is 0. The van der Waals surface area contributed by atoms with Gasteiger partial charge in [-0.3, -0.25) is 10.6 Å². The second kappa shape index (κ2) is 3.83. The van der Waals surface area contributed by atoms with Crippen LogP contribution in [0.4, 0.5) is 0 Å². The molecule has 3 rings (SSSR count). The highest BCUT2D eigenvalue weighted by atomic mass is 79.9. The highest BCUT2D eigenvalue weighted by Gasteiger charge is 2.33. The first kappa shape index (κ1) is 11.3. The summed E-state index contributed by atoms with van der Waals surface area (Å²) in [4.78, 5) is 3.46. The summed E-state index contributed by atoms with van der Waals surface area (Å²) < 4.78 is 1.12. The number of aromatic nitrogens is 1. The van der Waals surface area contributed by atoms with Gasteiger partial charge in [0, 0.05) is 39.7 Å². The predicted molar refractivity (Wildman–Crippen MR) is 74.1 cm³/mol. The second-order valence-corrected chi connectivity index (χ2v) is 5.71. The molecule has 0 saturated carbocycles. The van der Waals surface area contributed by atoms with E-state index in [1.165, 1.54) is 22.2 Å². The molecule has 1 fully saturated rings. The van der Waals surface area contributed by atoms with Gasteiger partial charge in [0.25, 0.3) is 0 Å². The number of hydrogen-bond acceptors (Lipinski definition) is 2. The smallest absolute Gasteiger partial charge is 0.0945 e. The number of H-pyrrole nitrogens is 1. The van der Waals surface area contributed by atoms with Gasteiger partial charge in [-0.05, 0) is 32.0 Å². The number of nitrogens with one attached hydrogen (secondary N) is 3. The van der Waals surface area contributed by atoms with E-state index in [2.05, 4.69) is 63.6 Å². The number of benzene rings is 1. The van der Waals surface area contributed by atoms with Crippen molar-refractivity contribution in [3.63, 3.8) is 0 Å². The highest BCUT2D eigenvalue weighted by Crippen LogP contribution is 2.33. The summed E-state index contributed by atoms with van der Waals surface area (Å²) in [6.45, 7) is 6.36. The largest absolute Gasteiger partial charge is 0.358 e. The molecule has 2 heterocycles. The Hall–Kier alpha value is -0.840. The average Bonchev–Trinajstić information content (AvgIpc) is 2.82. The third-order valence-electron chi connectivity index (χ3n) is 3.53. The molecule has 0 bridgehead atoms. The molecule has 90 valence electrons. The molecule has 0 amide bonds. The van der Waals surface area contributed by atoms with Crippen molar-refractivity contribution >= 4 is 26.8 Å². The van der Waals surface area contributed by atoms with Crippen molar-refractivity contribution in [2.75, 3.05) is 13.1 Å². The molecule has 3 nitrogen and oxygen atoms in total. The van der Waals surface area contributed by atoms with Gasteiger partial charge < -0.3 is 4.98 Å². The lowest BCUT2D eigenvalue weighted by Gasteiger charge is -2.26. The van der Waals surface area contributed by atoms with Gasteiger partial charge in [0.2, 0.25) is 0 Å². The number of fused-ring (bicyclic) bond motifs is 1. The van der Waals surface area contributed by atoms with Crippen molar-refractivity contribution in [1.29, 1.82) is 0 Å². The third-order valence-corrected chi connectivity index (χ3v) is 4.02. The van der Waals surface area contributed by atoms with Crippen LogP contribution in [0, 0.1) is 6.92 Å². The summed E-state index contributed by atoms with van der Waals surface area (Å²) in [5.74, 6) is 0. The van der Waals surface area contributed by atoms with Gasteiger partial charge in [0.05, 0.1) is 5.66 Å². The fourth-order valence-electron chi connectivity index (χ4n) is 2.81. The van der Waals surface area contributed by atoms with Gasteiger partial charge in [0.1, 0.15) is 0 Å². The first-order chi connectivity index (χ1) is 8.10. The first-order valence-electron chi connectivity index (χ1n) is 5.88. The standard InChI is InChI=1S/C13H16BrN3/c1-8-12(13(2)15-5-6-16-13)10-7-9(14)3-4-11(10)17-8/h3-4,7,15-17H,5-6H2,1-2H3. The summed E-state index contributed by atoms with van der Waals surface area (Å²) in [6, 6.07) is 6.37. The Balaban J connectivity index is 2.27. The third kappa shape index (κ3) is 1.71. The zero-order valence-corrected chi connectivity index (χ0v) is 11.6. The molecule has 0 unspecified atom stereocenters. The molecule has 2 aromatic rings. The molecule has 1 saturated heterocycles. The summed E-state index contributed by atoms with van der Waals surface area (Å²) in [5.41, 5.74) is 3.62. The van der Waals surface area contributed by atoms with Gasteiger partial charge in [-0.15, -0.1) is 0 Å². The molecule has 1 aromatic carbocycles. The maximum atomic E-state index is 3.55. The zero-order valence-electron chi connectivity index (χ0n) is 10.0. The van der Waals surface area contributed by atoms with E-state index >= 15 is 0 Å². The van der Waals surface area contributed by atoms with Crippen molar-refractivity contribution in [2.45, 2.75) is 19.5 Å². The number of aromatic amines is 1. The minimum atomic E-state index is -0.122. The van der Waals surface area contributed by atoms with Crippen molar-refractivity contribution in [1.82, 2.24) is 15.6 Å². The summed E-state index contributed by atoms with van der Waals surface area (Å²) in [5, 5.41) is 8.36. The fraction of sp³-hybridized carbons (Fsp3) is 0.385. The normalized spacial score (nSPS) is 19.0. The molecule has 1 aromatic heterocycles. The van der Waals surface area contributed by atoms with Gasteiger partial charge in [-0.25, -0.2) is 0 Å². The van der Waals surface area contributed by atoms with E-state index in [-0.39, 0.29) is 5.66 Å². The molecule has 1 aliphatic heterocycles. The summed E-state index contributed by atoms with van der Waals surface area (Å²) >= 11 is 3.55. The second-order valence-electron chi connectivity index (χ2n) is 4.79. The Labute approximate surface area is 109 Å². The lowest BCUT2D eigenvalue weighted by atomic mass is 9.99. The Morgan fingerprint density at radius 3 is 2.65 bits per heavy atom. The fourth-order valence-corrected chi connectivity index (χ4v) is 3.17. The van der Waals surface area contributed by atoms with E-state index < -0.39 is 0 Å². The van der Waals surface area contributed by atoms with Crippen LogP contribution in [-0.2, 0) is 5.66 Å². The van der Waals surface area contributed by atoms with Gasteiger partial charge in [-0.2, -0.15) is 0 Å². The van der Waals surface area contributed by atoms with Crippen LogP contribution in [0.2, 0.25) is 0 Å².